The molecule has 0 bridgehead atoms. The van der Waals surface area contributed by atoms with Gasteiger partial charge in [0.1, 0.15) is 12.6 Å². The van der Waals surface area contributed by atoms with Crippen LogP contribution in [0.15, 0.2) is 22.7 Å². The largest absolute Gasteiger partial charge is 0.371 e. The number of nitrogens with one attached hydrogen (secondary N) is 2. The van der Waals surface area contributed by atoms with Crippen molar-refractivity contribution >= 4 is 44.4 Å². The van der Waals surface area contributed by atoms with Gasteiger partial charge in [0.15, 0.2) is 5.78 Å². The fourth-order valence-corrected chi connectivity index (χ4v) is 5.58. The average Bonchev–Trinajstić information content (AvgIpc) is 3.35. The van der Waals surface area contributed by atoms with E-state index in [0.29, 0.717) is 19.5 Å². The van der Waals surface area contributed by atoms with E-state index in [2.05, 4.69) is 38.4 Å². The molecule has 1 aliphatic carbocycles. The van der Waals surface area contributed by atoms with Gasteiger partial charge in [-0.25, -0.2) is 0 Å². The third-order valence-electron chi connectivity index (χ3n) is 6.90. The lowest BCUT2D eigenvalue weighted by Crippen LogP contribution is -2.49. The van der Waals surface area contributed by atoms with Crippen molar-refractivity contribution in [2.75, 3.05) is 19.8 Å². The molecule has 3 heterocycles. The number of fused-ring (bicyclic) bond motifs is 3. The van der Waals surface area contributed by atoms with Crippen LogP contribution >= 0.6 is 15.9 Å². The molecule has 2 aliphatic heterocycles. The summed E-state index contributed by atoms with van der Waals surface area (Å²) in [6.07, 6.45) is 4.06. The van der Waals surface area contributed by atoms with E-state index in [1.807, 2.05) is 11.0 Å². The van der Waals surface area contributed by atoms with Crippen molar-refractivity contribution in [1.29, 1.82) is 0 Å². The van der Waals surface area contributed by atoms with Crippen LogP contribution in [-0.2, 0) is 32.1 Å². The van der Waals surface area contributed by atoms with Crippen molar-refractivity contribution < 1.29 is 19.1 Å². The van der Waals surface area contributed by atoms with Crippen molar-refractivity contribution in [3.05, 3.63) is 33.9 Å². The number of hydrogen-bond donors (Lipinski definition) is 2. The highest BCUT2D eigenvalue weighted by Crippen LogP contribution is 2.35. The maximum Gasteiger partial charge on any atom is 0.226 e. The highest BCUT2D eigenvalue weighted by Gasteiger charge is 2.40. The Morgan fingerprint density at radius 3 is 2.77 bits per heavy atom. The zero-order valence-electron chi connectivity index (χ0n) is 17.3. The van der Waals surface area contributed by atoms with Crippen LogP contribution in [0.5, 0.6) is 0 Å². The summed E-state index contributed by atoms with van der Waals surface area (Å²) < 4.78 is 6.16. The summed E-state index contributed by atoms with van der Waals surface area (Å²) in [7, 11) is 0. The van der Waals surface area contributed by atoms with Crippen LogP contribution in [0.3, 0.4) is 0 Å². The second-order valence-electron chi connectivity index (χ2n) is 8.82. The molecule has 3 aliphatic rings. The second-order valence-corrected chi connectivity index (χ2v) is 9.74. The first-order valence-electron chi connectivity index (χ1n) is 11.0. The van der Waals surface area contributed by atoms with Crippen molar-refractivity contribution in [2.45, 2.75) is 44.7 Å². The van der Waals surface area contributed by atoms with Gasteiger partial charge in [-0.2, -0.15) is 0 Å². The Hall–Kier alpha value is -2.19. The maximum absolute atomic E-state index is 13.5. The van der Waals surface area contributed by atoms with Crippen LogP contribution in [-0.4, -0.2) is 53.3 Å². The normalized spacial score (nSPS) is 26.2. The molecule has 2 amide bonds. The lowest BCUT2D eigenvalue weighted by atomic mass is 9.77. The predicted molar refractivity (Wildman–Crippen MR) is 118 cm³/mol. The molecule has 1 saturated heterocycles. The third kappa shape index (κ3) is 3.91. The molecule has 3 atom stereocenters. The number of carbonyl (C=O) groups excluding carboxylic acids is 3. The molecule has 2 N–H and O–H groups in total. The van der Waals surface area contributed by atoms with E-state index in [1.165, 1.54) is 11.3 Å². The summed E-state index contributed by atoms with van der Waals surface area (Å²) in [6.45, 7) is 1.49. The lowest BCUT2D eigenvalue weighted by molar-refractivity contribution is -0.144. The minimum Gasteiger partial charge on any atom is -0.371 e. The monoisotopic (exact) mass is 487 g/mol. The van der Waals surface area contributed by atoms with Gasteiger partial charge in [-0.05, 0) is 31.0 Å². The summed E-state index contributed by atoms with van der Waals surface area (Å²) in [4.78, 5) is 43.8. The van der Waals surface area contributed by atoms with E-state index in [9.17, 15) is 14.4 Å². The topological polar surface area (TPSA) is 91.5 Å². The van der Waals surface area contributed by atoms with Gasteiger partial charge in [-0.1, -0.05) is 28.8 Å². The second kappa shape index (κ2) is 8.39. The van der Waals surface area contributed by atoms with Gasteiger partial charge in [0.05, 0.1) is 6.61 Å². The smallest absolute Gasteiger partial charge is 0.226 e. The number of benzene rings is 1. The van der Waals surface area contributed by atoms with Crippen molar-refractivity contribution in [2.24, 2.45) is 11.8 Å². The number of aromatic amines is 1. The van der Waals surface area contributed by atoms with Gasteiger partial charge in [0.25, 0.3) is 0 Å². The van der Waals surface area contributed by atoms with Gasteiger partial charge >= 0.3 is 0 Å². The molecule has 1 aromatic heterocycles. The van der Waals surface area contributed by atoms with Gasteiger partial charge in [-0.15, -0.1) is 0 Å². The van der Waals surface area contributed by atoms with Crippen LogP contribution in [0.1, 0.15) is 36.9 Å². The Morgan fingerprint density at radius 2 is 2.00 bits per heavy atom. The molecule has 1 aromatic carbocycles. The number of nitrogens with zero attached hydrogens (tertiary/aromatic N) is 1. The quantitative estimate of drug-likeness (QED) is 0.695. The summed E-state index contributed by atoms with van der Waals surface area (Å²) in [6, 6.07) is 5.58. The van der Waals surface area contributed by atoms with Crippen LogP contribution < -0.4 is 5.32 Å². The number of aromatic nitrogens is 1. The zero-order chi connectivity index (χ0) is 21.5. The van der Waals surface area contributed by atoms with Gasteiger partial charge in [0.2, 0.25) is 11.8 Å². The molecular formula is C23H26BrN3O4. The summed E-state index contributed by atoms with van der Waals surface area (Å²) in [5.74, 6) is -0.932. The Morgan fingerprint density at radius 1 is 1.19 bits per heavy atom. The van der Waals surface area contributed by atoms with Gasteiger partial charge < -0.3 is 19.9 Å². The molecule has 5 rings (SSSR count). The Labute approximate surface area is 189 Å². The van der Waals surface area contributed by atoms with E-state index in [1.54, 1.807) is 0 Å². The molecule has 0 spiro atoms. The number of Topliss-reactive ketones (excluding diaryl/α,β-unsaturated/α-hetero) is 1. The van der Waals surface area contributed by atoms with Crippen molar-refractivity contribution in [1.82, 2.24) is 15.2 Å². The molecule has 31 heavy (non-hydrogen) atoms. The van der Waals surface area contributed by atoms with Crippen LogP contribution in [0.4, 0.5) is 0 Å². The SMILES string of the molecule is O=C1COC[C@@H]1NC(=O)[C@@H]1CCCC[C@H]1C(=O)N1CCc2[nH]c3ccc(Br)cc3c2C1. The molecule has 2 aromatic rings. The fourth-order valence-electron chi connectivity index (χ4n) is 5.22. The Balaban J connectivity index is 1.33. The molecule has 1 saturated carbocycles. The highest BCUT2D eigenvalue weighted by molar-refractivity contribution is 9.10. The van der Waals surface area contributed by atoms with Crippen LogP contribution in [0, 0.1) is 11.8 Å². The first kappa shape index (κ1) is 20.7. The number of amides is 2. The Kier molecular flexibility index (Phi) is 5.60. The Bertz CT molecular complexity index is 1050. The van der Waals surface area contributed by atoms with Crippen LogP contribution in [0.2, 0.25) is 0 Å². The predicted octanol–water partition coefficient (Wildman–Crippen LogP) is 2.71. The van der Waals surface area contributed by atoms with Crippen molar-refractivity contribution in [3.63, 3.8) is 0 Å². The standard InChI is InChI=1S/C23H26BrN3O4/c24-13-5-6-18-16(9-13)17-10-27(8-7-19(17)25-18)23(30)15-4-2-1-3-14(15)22(29)26-20-11-31-12-21(20)28/h5-6,9,14-15,20,25H,1-4,7-8,10-12H2,(H,26,29)/t14-,15-,20+/m1/s1. The molecular weight excluding hydrogens is 462 g/mol. The molecule has 2 fully saturated rings. The van der Waals surface area contributed by atoms with E-state index in [4.69, 9.17) is 4.74 Å². The number of ketones is 1. The van der Waals surface area contributed by atoms with E-state index < -0.39 is 6.04 Å². The number of rotatable bonds is 3. The first-order valence-corrected chi connectivity index (χ1v) is 11.8. The number of H-pyrrole nitrogens is 1. The van der Waals surface area contributed by atoms with Gasteiger partial charge in [0, 0.05) is 58.0 Å². The molecule has 164 valence electrons. The summed E-state index contributed by atoms with van der Waals surface area (Å²) in [5, 5.41) is 3.97. The number of carbonyl (C=O) groups is 3. The fraction of sp³-hybridized carbons (Fsp3) is 0.522. The summed E-state index contributed by atoms with van der Waals surface area (Å²) in [5.41, 5.74) is 3.44. The summed E-state index contributed by atoms with van der Waals surface area (Å²) >= 11 is 3.54. The molecule has 0 unspecified atom stereocenters. The third-order valence-corrected chi connectivity index (χ3v) is 7.40. The minimum atomic E-state index is -0.576. The van der Waals surface area contributed by atoms with Crippen LogP contribution in [0.25, 0.3) is 10.9 Å². The van der Waals surface area contributed by atoms with Crippen molar-refractivity contribution in [3.8, 4) is 0 Å². The minimum absolute atomic E-state index is 0.0504. The number of halogens is 1. The van der Waals surface area contributed by atoms with E-state index in [0.717, 1.165) is 41.1 Å². The van der Waals surface area contributed by atoms with E-state index >= 15 is 0 Å². The molecule has 0 radical (unpaired) electrons. The number of hydrogen-bond acceptors (Lipinski definition) is 4. The first-order chi connectivity index (χ1) is 15.0. The zero-order valence-corrected chi connectivity index (χ0v) is 18.9. The van der Waals surface area contributed by atoms with E-state index in [-0.39, 0.29) is 42.6 Å². The molecule has 8 heteroatoms. The van der Waals surface area contributed by atoms with Gasteiger partial charge in [-0.3, -0.25) is 14.4 Å². The maximum atomic E-state index is 13.5. The molecule has 7 nitrogen and oxygen atoms in total. The lowest BCUT2D eigenvalue weighted by Gasteiger charge is -2.36. The number of ether oxygens (including phenoxy) is 1. The highest BCUT2D eigenvalue weighted by atomic mass is 79.9. The average molecular weight is 488 g/mol.